The van der Waals surface area contributed by atoms with Crippen LogP contribution in [-0.4, -0.2) is 34.9 Å². The Morgan fingerprint density at radius 1 is 0.972 bits per heavy atom. The van der Waals surface area contributed by atoms with Crippen LogP contribution in [0.5, 0.6) is 11.5 Å². The summed E-state index contributed by atoms with van der Waals surface area (Å²) in [4.78, 5) is 17.9. The quantitative estimate of drug-likeness (QED) is 0.285. The third kappa shape index (κ3) is 4.99. The predicted molar refractivity (Wildman–Crippen MR) is 142 cm³/mol. The van der Waals surface area contributed by atoms with Gasteiger partial charge in [0, 0.05) is 28.9 Å². The number of rotatable bonds is 8. The number of carbonyl (C=O) groups excluding carboxylic acids is 1. The first-order valence-corrected chi connectivity index (χ1v) is 12.2. The van der Waals surface area contributed by atoms with E-state index in [1.165, 1.54) is 11.3 Å². The number of nitrogens with zero attached hydrogens (tertiary/aromatic N) is 3. The van der Waals surface area contributed by atoms with Crippen molar-refractivity contribution in [1.82, 2.24) is 14.8 Å². The molecular formula is C28H24N4O3S. The molecule has 0 saturated carbocycles. The van der Waals surface area contributed by atoms with Gasteiger partial charge in [0.15, 0.2) is 5.13 Å². The lowest BCUT2D eigenvalue weighted by Gasteiger charge is -2.10. The van der Waals surface area contributed by atoms with Crippen LogP contribution in [-0.2, 0) is 6.54 Å². The lowest BCUT2D eigenvalue weighted by molar-refractivity contribution is 0.102. The number of thiazole rings is 1. The number of benzene rings is 3. The maximum Gasteiger partial charge on any atom is 0.258 e. The predicted octanol–water partition coefficient (Wildman–Crippen LogP) is 5.99. The highest BCUT2D eigenvalue weighted by molar-refractivity contribution is 7.14. The van der Waals surface area contributed by atoms with E-state index in [4.69, 9.17) is 9.47 Å². The Kier molecular flexibility index (Phi) is 6.77. The summed E-state index contributed by atoms with van der Waals surface area (Å²) in [5.74, 6) is 1.17. The van der Waals surface area contributed by atoms with Crippen molar-refractivity contribution < 1.29 is 14.3 Å². The number of nitrogens with one attached hydrogen (secondary N) is 1. The highest BCUT2D eigenvalue weighted by atomic mass is 32.1. The van der Waals surface area contributed by atoms with E-state index in [2.05, 4.69) is 27.5 Å². The van der Waals surface area contributed by atoms with Gasteiger partial charge in [-0.1, -0.05) is 42.5 Å². The van der Waals surface area contributed by atoms with E-state index in [1.54, 1.807) is 20.4 Å². The Bertz CT molecular complexity index is 1480. The van der Waals surface area contributed by atoms with E-state index in [9.17, 15) is 4.79 Å². The van der Waals surface area contributed by atoms with Gasteiger partial charge in [0.2, 0.25) is 0 Å². The SMILES string of the molecule is COc1ccc(OC)c(-c2csc(NC(=O)c3ccccc3-c3ccc(Cn4cccn4)cc3)n2)c1. The molecule has 36 heavy (non-hydrogen) atoms. The molecule has 0 fully saturated rings. The zero-order chi connectivity index (χ0) is 24.9. The van der Waals surface area contributed by atoms with Crippen LogP contribution in [0.2, 0.25) is 0 Å². The third-order valence-corrected chi connectivity index (χ3v) is 6.51. The molecule has 1 amide bonds. The molecule has 0 aliphatic carbocycles. The van der Waals surface area contributed by atoms with Gasteiger partial charge in [0.05, 0.1) is 26.5 Å². The van der Waals surface area contributed by atoms with Crippen molar-refractivity contribution in [3.8, 4) is 33.9 Å². The third-order valence-electron chi connectivity index (χ3n) is 5.75. The van der Waals surface area contributed by atoms with Crippen LogP contribution in [0.3, 0.4) is 0 Å². The van der Waals surface area contributed by atoms with Crippen molar-refractivity contribution in [3.63, 3.8) is 0 Å². The minimum absolute atomic E-state index is 0.218. The van der Waals surface area contributed by atoms with Crippen LogP contribution in [0.4, 0.5) is 5.13 Å². The van der Waals surface area contributed by atoms with Gasteiger partial charge < -0.3 is 9.47 Å². The molecule has 2 heterocycles. The number of aromatic nitrogens is 3. The molecule has 0 spiro atoms. The second-order valence-corrected chi connectivity index (χ2v) is 8.86. The summed E-state index contributed by atoms with van der Waals surface area (Å²) in [6.07, 6.45) is 3.70. The van der Waals surface area contributed by atoms with Crippen molar-refractivity contribution in [3.05, 3.63) is 102 Å². The van der Waals surface area contributed by atoms with Gasteiger partial charge in [-0.3, -0.25) is 14.8 Å². The van der Waals surface area contributed by atoms with Crippen LogP contribution < -0.4 is 14.8 Å². The number of hydrogen-bond acceptors (Lipinski definition) is 6. The standard InChI is InChI=1S/C28H24N4O3S/c1-34-21-12-13-26(35-2)24(16-21)25-18-36-28(30-25)31-27(33)23-7-4-3-6-22(23)20-10-8-19(9-11-20)17-32-15-5-14-29-32/h3-16,18H,17H2,1-2H3,(H,30,31,33). The monoisotopic (exact) mass is 496 g/mol. The number of ether oxygens (including phenoxy) is 2. The molecule has 0 saturated heterocycles. The van der Waals surface area contributed by atoms with E-state index in [0.29, 0.717) is 34.4 Å². The van der Waals surface area contributed by atoms with E-state index in [0.717, 1.165) is 22.3 Å². The van der Waals surface area contributed by atoms with E-state index in [-0.39, 0.29) is 5.91 Å². The van der Waals surface area contributed by atoms with Gasteiger partial charge >= 0.3 is 0 Å². The molecule has 180 valence electrons. The number of anilines is 1. The summed E-state index contributed by atoms with van der Waals surface area (Å²) >= 11 is 1.36. The molecule has 0 bridgehead atoms. The van der Waals surface area contributed by atoms with Gasteiger partial charge in [-0.15, -0.1) is 11.3 Å². The summed E-state index contributed by atoms with van der Waals surface area (Å²) in [6, 6.07) is 23.2. The van der Waals surface area contributed by atoms with E-state index >= 15 is 0 Å². The Labute approximate surface area is 213 Å². The molecule has 0 aliphatic rings. The van der Waals surface area contributed by atoms with Crippen molar-refractivity contribution in [2.45, 2.75) is 6.54 Å². The first kappa shape index (κ1) is 23.3. The van der Waals surface area contributed by atoms with Gasteiger partial charge in [-0.2, -0.15) is 5.10 Å². The van der Waals surface area contributed by atoms with Crippen LogP contribution in [0.25, 0.3) is 22.4 Å². The van der Waals surface area contributed by atoms with Crippen LogP contribution in [0.15, 0.2) is 90.6 Å². The molecule has 0 aliphatic heterocycles. The number of hydrogen-bond donors (Lipinski definition) is 1. The fourth-order valence-corrected chi connectivity index (χ4v) is 4.64. The summed E-state index contributed by atoms with van der Waals surface area (Å²) in [5.41, 5.74) is 5.02. The maximum atomic E-state index is 13.3. The minimum atomic E-state index is -0.218. The molecule has 1 N–H and O–H groups in total. The largest absolute Gasteiger partial charge is 0.497 e. The zero-order valence-corrected chi connectivity index (χ0v) is 20.7. The highest BCUT2D eigenvalue weighted by Gasteiger charge is 2.16. The molecule has 3 aromatic carbocycles. The Morgan fingerprint density at radius 2 is 1.81 bits per heavy atom. The molecule has 5 rings (SSSR count). The minimum Gasteiger partial charge on any atom is -0.497 e. The van der Waals surface area contributed by atoms with E-state index in [1.807, 2.05) is 76.9 Å². The number of methoxy groups -OCH3 is 2. The van der Waals surface area contributed by atoms with Gasteiger partial charge in [-0.25, -0.2) is 4.98 Å². The summed E-state index contributed by atoms with van der Waals surface area (Å²) in [7, 11) is 3.23. The van der Waals surface area contributed by atoms with Crippen molar-refractivity contribution in [2.75, 3.05) is 19.5 Å². The van der Waals surface area contributed by atoms with Crippen LogP contribution >= 0.6 is 11.3 Å². The second kappa shape index (κ2) is 10.5. The van der Waals surface area contributed by atoms with Crippen molar-refractivity contribution >= 4 is 22.4 Å². The topological polar surface area (TPSA) is 78.3 Å². The van der Waals surface area contributed by atoms with E-state index < -0.39 is 0 Å². The Morgan fingerprint density at radius 3 is 2.56 bits per heavy atom. The molecule has 0 unspecified atom stereocenters. The van der Waals surface area contributed by atoms with Crippen molar-refractivity contribution in [1.29, 1.82) is 0 Å². The molecule has 8 heteroatoms. The molecule has 2 aromatic heterocycles. The Hall–Kier alpha value is -4.43. The second-order valence-electron chi connectivity index (χ2n) is 8.00. The smallest absolute Gasteiger partial charge is 0.258 e. The number of amides is 1. The zero-order valence-electron chi connectivity index (χ0n) is 19.8. The van der Waals surface area contributed by atoms with Gasteiger partial charge in [0.1, 0.15) is 11.5 Å². The van der Waals surface area contributed by atoms with Crippen LogP contribution in [0.1, 0.15) is 15.9 Å². The highest BCUT2D eigenvalue weighted by Crippen LogP contribution is 2.35. The normalized spacial score (nSPS) is 10.7. The average Bonchev–Trinajstić information content (AvgIpc) is 3.61. The summed E-state index contributed by atoms with van der Waals surface area (Å²) in [5, 5.41) is 9.59. The summed E-state index contributed by atoms with van der Waals surface area (Å²) in [6.45, 7) is 0.694. The summed E-state index contributed by atoms with van der Waals surface area (Å²) < 4.78 is 12.7. The fraction of sp³-hybridized carbons (Fsp3) is 0.107. The lowest BCUT2D eigenvalue weighted by Crippen LogP contribution is -2.13. The maximum absolute atomic E-state index is 13.3. The molecule has 0 radical (unpaired) electrons. The molecule has 7 nitrogen and oxygen atoms in total. The van der Waals surface area contributed by atoms with Crippen molar-refractivity contribution in [2.24, 2.45) is 0 Å². The first-order valence-electron chi connectivity index (χ1n) is 11.3. The van der Waals surface area contributed by atoms with Gasteiger partial charge in [-0.05, 0) is 47.0 Å². The first-order chi connectivity index (χ1) is 17.6. The molecular weight excluding hydrogens is 472 g/mol. The Balaban J connectivity index is 1.36. The molecule has 0 atom stereocenters. The number of carbonyl (C=O) groups is 1. The van der Waals surface area contributed by atoms with Gasteiger partial charge in [0.25, 0.3) is 5.91 Å². The fourth-order valence-electron chi connectivity index (χ4n) is 3.94. The lowest BCUT2D eigenvalue weighted by atomic mass is 9.98. The molecule has 5 aromatic rings. The van der Waals surface area contributed by atoms with Crippen LogP contribution in [0, 0.1) is 0 Å². The average molecular weight is 497 g/mol.